The van der Waals surface area contributed by atoms with E-state index < -0.39 is 10.0 Å². The Labute approximate surface area is 162 Å². The van der Waals surface area contributed by atoms with Gasteiger partial charge >= 0.3 is 0 Å². The molecule has 0 bridgehead atoms. The van der Waals surface area contributed by atoms with Gasteiger partial charge in [0, 0.05) is 25.0 Å². The highest BCUT2D eigenvalue weighted by atomic mass is 32.2. The molecule has 0 radical (unpaired) electrons. The summed E-state index contributed by atoms with van der Waals surface area (Å²) in [6.07, 6.45) is 8.90. The highest BCUT2D eigenvalue weighted by molar-refractivity contribution is 7.89. The van der Waals surface area contributed by atoms with Gasteiger partial charge in [-0.05, 0) is 50.4 Å². The molecule has 0 spiro atoms. The first-order valence-electron chi connectivity index (χ1n) is 9.62. The van der Waals surface area contributed by atoms with Gasteiger partial charge in [-0.1, -0.05) is 25.1 Å². The van der Waals surface area contributed by atoms with Gasteiger partial charge < -0.3 is 5.32 Å². The van der Waals surface area contributed by atoms with E-state index in [0.717, 1.165) is 49.9 Å². The third kappa shape index (κ3) is 5.09. The van der Waals surface area contributed by atoms with Crippen molar-refractivity contribution in [3.63, 3.8) is 0 Å². The van der Waals surface area contributed by atoms with Crippen LogP contribution in [0.5, 0.6) is 0 Å². The van der Waals surface area contributed by atoms with Crippen molar-refractivity contribution in [3.8, 4) is 0 Å². The number of pyridine rings is 1. The molecule has 1 aromatic heterocycles. The monoisotopic (exact) mass is 386 g/mol. The number of nitrogens with one attached hydrogen (secondary N) is 1. The van der Waals surface area contributed by atoms with Gasteiger partial charge in [0.05, 0.1) is 4.90 Å². The van der Waals surface area contributed by atoms with E-state index in [4.69, 9.17) is 0 Å². The first-order valence-corrected chi connectivity index (χ1v) is 11.1. The Kier molecular flexibility index (Phi) is 6.88. The summed E-state index contributed by atoms with van der Waals surface area (Å²) in [7, 11) is -3.50. The fraction of sp³-hybridized carbons (Fsp3) is 0.429. The molecule has 2 aromatic rings. The van der Waals surface area contributed by atoms with Gasteiger partial charge in [-0.3, -0.25) is 4.98 Å². The van der Waals surface area contributed by atoms with Crippen LogP contribution in [-0.4, -0.2) is 43.4 Å². The predicted octanol–water partition coefficient (Wildman–Crippen LogP) is 3.03. The zero-order valence-corrected chi connectivity index (χ0v) is 16.7. The number of sulfonamides is 1. The highest BCUT2D eigenvalue weighted by Gasteiger charge is 2.31. The van der Waals surface area contributed by atoms with E-state index in [1.165, 1.54) is 0 Å². The first kappa shape index (κ1) is 19.9. The molecule has 146 valence electrons. The Morgan fingerprint density at radius 2 is 1.93 bits per heavy atom. The topological polar surface area (TPSA) is 62.3 Å². The van der Waals surface area contributed by atoms with E-state index in [9.17, 15) is 8.42 Å². The molecule has 1 aromatic carbocycles. The number of hydrogen-bond acceptors (Lipinski definition) is 4. The minimum Gasteiger partial charge on any atom is -0.317 e. The SMILES string of the molecule is C[CH-]c1ccc(S(=O)(=O)N(CCCc2cccnc2)C2CCNCC2)cc1. The van der Waals surface area contributed by atoms with Crippen molar-refractivity contribution in [1.82, 2.24) is 14.6 Å². The van der Waals surface area contributed by atoms with Crippen molar-refractivity contribution < 1.29 is 8.42 Å². The standard InChI is InChI=1S/C21H28N3O2S/c1-2-18-7-9-21(10-8-18)27(25,26)24(20-11-14-22-15-12-20)16-4-6-19-5-3-13-23-17-19/h2-3,5,7-10,13,17,20,22H,4,6,11-12,14-16H2,1H3/q-1. The number of piperidine rings is 1. The van der Waals surface area contributed by atoms with E-state index in [2.05, 4.69) is 10.3 Å². The van der Waals surface area contributed by atoms with Crippen LogP contribution in [0.1, 0.15) is 37.3 Å². The third-order valence-corrected chi connectivity index (χ3v) is 7.07. The number of hydrogen-bond donors (Lipinski definition) is 1. The summed E-state index contributed by atoms with van der Waals surface area (Å²) in [5, 5.41) is 3.32. The number of benzene rings is 1. The van der Waals surface area contributed by atoms with Crippen LogP contribution >= 0.6 is 0 Å². The minimum atomic E-state index is -3.50. The smallest absolute Gasteiger partial charge is 0.241 e. The van der Waals surface area contributed by atoms with Gasteiger partial charge in [-0.25, -0.2) is 8.42 Å². The summed E-state index contributed by atoms with van der Waals surface area (Å²) in [6.45, 7) is 4.21. The molecule has 0 unspecified atom stereocenters. The average molecular weight is 387 g/mol. The zero-order chi connectivity index (χ0) is 19.1. The Hall–Kier alpha value is -1.89. The molecule has 0 amide bonds. The fourth-order valence-corrected chi connectivity index (χ4v) is 5.27. The van der Waals surface area contributed by atoms with E-state index in [1.807, 2.05) is 43.8 Å². The average Bonchev–Trinajstić information content (AvgIpc) is 2.72. The van der Waals surface area contributed by atoms with Crippen molar-refractivity contribution >= 4 is 10.0 Å². The number of aromatic nitrogens is 1. The van der Waals surface area contributed by atoms with Gasteiger partial charge in [0.2, 0.25) is 10.0 Å². The second-order valence-corrected chi connectivity index (χ2v) is 8.81. The number of aryl methyl sites for hydroxylation is 1. The molecule has 2 heterocycles. The van der Waals surface area contributed by atoms with Crippen LogP contribution in [0, 0.1) is 6.42 Å². The van der Waals surface area contributed by atoms with Crippen LogP contribution in [0.25, 0.3) is 0 Å². The van der Waals surface area contributed by atoms with Gasteiger partial charge in [-0.15, -0.1) is 0 Å². The molecule has 27 heavy (non-hydrogen) atoms. The summed E-state index contributed by atoms with van der Waals surface area (Å²) in [5.74, 6) is 0. The number of rotatable bonds is 8. The van der Waals surface area contributed by atoms with Crippen LogP contribution in [-0.2, 0) is 16.4 Å². The van der Waals surface area contributed by atoms with Crippen molar-refractivity contribution in [1.29, 1.82) is 0 Å². The van der Waals surface area contributed by atoms with Gasteiger partial charge in [-0.2, -0.15) is 28.4 Å². The summed E-state index contributed by atoms with van der Waals surface area (Å²) in [5.41, 5.74) is 2.17. The Bertz CT molecular complexity index is 801. The van der Waals surface area contributed by atoms with Gasteiger partial charge in [0.25, 0.3) is 0 Å². The largest absolute Gasteiger partial charge is 0.317 e. The van der Waals surface area contributed by atoms with E-state index >= 15 is 0 Å². The van der Waals surface area contributed by atoms with Crippen molar-refractivity contribution in [2.45, 2.75) is 43.5 Å². The lowest BCUT2D eigenvalue weighted by Gasteiger charge is -2.34. The predicted molar refractivity (Wildman–Crippen MR) is 108 cm³/mol. The van der Waals surface area contributed by atoms with Gasteiger partial charge in [0.15, 0.2) is 0 Å². The Morgan fingerprint density at radius 1 is 1.19 bits per heavy atom. The second-order valence-electron chi connectivity index (χ2n) is 6.92. The lowest BCUT2D eigenvalue weighted by Crippen LogP contribution is -2.46. The summed E-state index contributed by atoms with van der Waals surface area (Å²) in [4.78, 5) is 4.52. The minimum absolute atomic E-state index is 0.0579. The molecule has 3 rings (SSSR count). The molecule has 1 aliphatic rings. The lowest BCUT2D eigenvalue weighted by molar-refractivity contribution is 0.260. The van der Waals surface area contributed by atoms with E-state index in [1.54, 1.807) is 22.6 Å². The van der Waals surface area contributed by atoms with Crippen LogP contribution < -0.4 is 5.32 Å². The Balaban J connectivity index is 1.77. The maximum Gasteiger partial charge on any atom is 0.241 e. The van der Waals surface area contributed by atoms with E-state index in [0.29, 0.717) is 11.4 Å². The third-order valence-electron chi connectivity index (χ3n) is 5.10. The molecule has 1 N–H and O–H groups in total. The molecule has 1 aliphatic heterocycles. The second kappa shape index (κ2) is 9.35. The van der Waals surface area contributed by atoms with Crippen LogP contribution in [0.4, 0.5) is 0 Å². The molecule has 0 saturated carbocycles. The van der Waals surface area contributed by atoms with Crippen LogP contribution in [0.3, 0.4) is 0 Å². The fourth-order valence-electron chi connectivity index (χ4n) is 3.55. The molecule has 0 atom stereocenters. The maximum atomic E-state index is 13.4. The number of nitrogens with zero attached hydrogens (tertiary/aromatic N) is 2. The van der Waals surface area contributed by atoms with Crippen molar-refractivity contribution in [3.05, 3.63) is 66.3 Å². The van der Waals surface area contributed by atoms with Crippen LogP contribution in [0.2, 0.25) is 0 Å². The zero-order valence-electron chi connectivity index (χ0n) is 15.8. The molecule has 1 saturated heterocycles. The van der Waals surface area contributed by atoms with Crippen LogP contribution in [0.15, 0.2) is 53.7 Å². The lowest BCUT2D eigenvalue weighted by atomic mass is 10.1. The summed E-state index contributed by atoms with van der Waals surface area (Å²) < 4.78 is 28.4. The summed E-state index contributed by atoms with van der Waals surface area (Å²) >= 11 is 0. The molecular formula is C21H28N3O2S-. The van der Waals surface area contributed by atoms with Crippen molar-refractivity contribution in [2.24, 2.45) is 0 Å². The Morgan fingerprint density at radius 3 is 2.56 bits per heavy atom. The summed E-state index contributed by atoms with van der Waals surface area (Å²) in [6, 6.07) is 11.2. The highest BCUT2D eigenvalue weighted by Crippen LogP contribution is 2.24. The first-order chi connectivity index (χ1) is 13.1. The normalized spacial score (nSPS) is 15.8. The molecule has 0 aliphatic carbocycles. The maximum absolute atomic E-state index is 13.4. The molecule has 5 nitrogen and oxygen atoms in total. The van der Waals surface area contributed by atoms with E-state index in [-0.39, 0.29) is 6.04 Å². The van der Waals surface area contributed by atoms with Crippen molar-refractivity contribution in [2.75, 3.05) is 19.6 Å². The molecular weight excluding hydrogens is 358 g/mol. The van der Waals surface area contributed by atoms with Gasteiger partial charge in [0.1, 0.15) is 0 Å². The molecule has 6 heteroatoms. The molecule has 1 fully saturated rings. The quantitative estimate of drug-likeness (QED) is 0.709.